The molecule has 2 aliphatic rings. The molecule has 0 spiro atoms. The maximum atomic E-state index is 8.92. The number of aliphatic hydroxyl groups is 1. The molecule has 1 aromatic heterocycles. The minimum Gasteiger partial charge on any atom is -0.390 e. The fourth-order valence-corrected chi connectivity index (χ4v) is 2.57. The molecular formula is C10H14N2O2. The zero-order valence-corrected chi connectivity index (χ0v) is 7.94. The van der Waals surface area contributed by atoms with Gasteiger partial charge in [-0.15, -0.1) is 0 Å². The lowest BCUT2D eigenvalue weighted by atomic mass is 9.89. The molecule has 0 aliphatic carbocycles. The largest absolute Gasteiger partial charge is 0.390 e. The predicted octanol–water partition coefficient (Wildman–Crippen LogP) is 0.937. The highest BCUT2D eigenvalue weighted by molar-refractivity contribution is 5.11. The second kappa shape index (κ2) is 3.07. The van der Waals surface area contributed by atoms with E-state index in [1.165, 1.54) is 6.42 Å². The number of aromatic amines is 1. The molecule has 14 heavy (non-hydrogen) atoms. The van der Waals surface area contributed by atoms with Crippen molar-refractivity contribution in [1.82, 2.24) is 9.97 Å². The van der Waals surface area contributed by atoms with Gasteiger partial charge in [0, 0.05) is 5.92 Å². The third kappa shape index (κ3) is 1.18. The summed E-state index contributed by atoms with van der Waals surface area (Å²) in [5, 5.41) is 8.92. The second-order valence-corrected chi connectivity index (χ2v) is 4.17. The lowest BCUT2D eigenvalue weighted by Crippen LogP contribution is -2.15. The van der Waals surface area contributed by atoms with Gasteiger partial charge in [0.15, 0.2) is 0 Å². The number of hydrogen-bond acceptors (Lipinski definition) is 3. The van der Waals surface area contributed by atoms with Crippen molar-refractivity contribution in [2.75, 3.05) is 0 Å². The van der Waals surface area contributed by atoms with E-state index in [9.17, 15) is 0 Å². The molecule has 3 heterocycles. The molecule has 0 amide bonds. The number of aromatic nitrogens is 2. The molecule has 3 atom stereocenters. The molecule has 4 nitrogen and oxygen atoms in total. The minimum absolute atomic E-state index is 0.0364. The van der Waals surface area contributed by atoms with Crippen LogP contribution in [-0.4, -0.2) is 27.3 Å². The van der Waals surface area contributed by atoms with Gasteiger partial charge in [0.25, 0.3) is 0 Å². The number of hydrogen-bond donors (Lipinski definition) is 2. The van der Waals surface area contributed by atoms with E-state index in [4.69, 9.17) is 9.84 Å². The van der Waals surface area contributed by atoms with Crippen LogP contribution in [0.1, 0.15) is 36.7 Å². The van der Waals surface area contributed by atoms with Crippen LogP contribution in [0.4, 0.5) is 0 Å². The highest BCUT2D eigenvalue weighted by Gasteiger charge is 2.42. The lowest BCUT2D eigenvalue weighted by Gasteiger charge is -2.15. The third-order valence-electron chi connectivity index (χ3n) is 3.28. The van der Waals surface area contributed by atoms with E-state index in [1.807, 2.05) is 0 Å². The first kappa shape index (κ1) is 8.44. The minimum atomic E-state index is 0.0364. The van der Waals surface area contributed by atoms with Gasteiger partial charge < -0.3 is 14.8 Å². The van der Waals surface area contributed by atoms with E-state index in [1.54, 1.807) is 6.20 Å². The molecule has 0 aromatic carbocycles. The van der Waals surface area contributed by atoms with Gasteiger partial charge in [0.05, 0.1) is 30.7 Å². The molecule has 2 N–H and O–H groups in total. The summed E-state index contributed by atoms with van der Waals surface area (Å²) < 4.78 is 5.76. The predicted molar refractivity (Wildman–Crippen MR) is 49.8 cm³/mol. The molecule has 4 heteroatoms. The molecule has 2 aliphatic heterocycles. The first-order chi connectivity index (χ1) is 6.86. The molecule has 2 saturated heterocycles. The Morgan fingerprint density at radius 2 is 2.50 bits per heavy atom. The highest BCUT2D eigenvalue weighted by atomic mass is 16.5. The molecule has 3 unspecified atom stereocenters. The highest BCUT2D eigenvalue weighted by Crippen LogP contribution is 2.43. The van der Waals surface area contributed by atoms with Crippen molar-refractivity contribution >= 4 is 0 Å². The number of fused-ring (bicyclic) bond motifs is 2. The van der Waals surface area contributed by atoms with E-state index in [2.05, 4.69) is 9.97 Å². The number of imidazole rings is 1. The van der Waals surface area contributed by atoms with Gasteiger partial charge in [-0.1, -0.05) is 0 Å². The van der Waals surface area contributed by atoms with Crippen molar-refractivity contribution in [3.8, 4) is 0 Å². The summed E-state index contributed by atoms with van der Waals surface area (Å²) in [5.41, 5.74) is 0.794. The Morgan fingerprint density at radius 1 is 1.57 bits per heavy atom. The zero-order valence-electron chi connectivity index (χ0n) is 7.94. The van der Waals surface area contributed by atoms with Crippen molar-refractivity contribution in [2.45, 2.75) is 44.0 Å². The average Bonchev–Trinajstić information content (AvgIpc) is 2.93. The molecular weight excluding hydrogens is 180 g/mol. The summed E-state index contributed by atoms with van der Waals surface area (Å²) in [6.45, 7) is 0.0364. The maximum absolute atomic E-state index is 8.92. The van der Waals surface area contributed by atoms with Crippen molar-refractivity contribution < 1.29 is 9.84 Å². The van der Waals surface area contributed by atoms with Crippen LogP contribution in [0.2, 0.25) is 0 Å². The van der Waals surface area contributed by atoms with E-state index in [-0.39, 0.29) is 6.61 Å². The number of rotatable bonds is 2. The number of nitrogens with zero attached hydrogens (tertiary/aromatic N) is 1. The quantitative estimate of drug-likeness (QED) is 0.736. The van der Waals surface area contributed by atoms with E-state index in [0.717, 1.165) is 24.4 Å². The van der Waals surface area contributed by atoms with Crippen LogP contribution < -0.4 is 0 Å². The summed E-state index contributed by atoms with van der Waals surface area (Å²) >= 11 is 0. The Bertz CT molecular complexity index is 337. The van der Waals surface area contributed by atoms with Crippen molar-refractivity contribution in [2.24, 2.45) is 0 Å². The molecule has 2 fully saturated rings. The Morgan fingerprint density at radius 3 is 3.07 bits per heavy atom. The van der Waals surface area contributed by atoms with Crippen LogP contribution in [0.15, 0.2) is 6.20 Å². The molecule has 76 valence electrons. The lowest BCUT2D eigenvalue weighted by molar-refractivity contribution is 0.0999. The van der Waals surface area contributed by atoms with Crippen LogP contribution in [0.3, 0.4) is 0 Å². The van der Waals surface area contributed by atoms with Crippen LogP contribution in [0.25, 0.3) is 0 Å². The second-order valence-electron chi connectivity index (χ2n) is 4.17. The summed E-state index contributed by atoms with van der Waals surface area (Å²) in [6.07, 6.45) is 5.97. The van der Waals surface area contributed by atoms with E-state index in [0.29, 0.717) is 18.1 Å². The monoisotopic (exact) mass is 194 g/mol. The first-order valence-electron chi connectivity index (χ1n) is 5.17. The standard InChI is InChI=1S/C10H14N2O2/c13-5-6-4-11-10(12-6)8-3-7-1-2-9(8)14-7/h4,7-9,13H,1-3,5H2,(H,11,12). The first-order valence-corrected chi connectivity index (χ1v) is 5.17. The van der Waals surface area contributed by atoms with E-state index < -0.39 is 0 Å². The molecule has 3 rings (SSSR count). The van der Waals surface area contributed by atoms with Crippen molar-refractivity contribution in [3.05, 3.63) is 17.7 Å². The third-order valence-corrected chi connectivity index (χ3v) is 3.28. The van der Waals surface area contributed by atoms with Crippen molar-refractivity contribution in [1.29, 1.82) is 0 Å². The maximum Gasteiger partial charge on any atom is 0.112 e. The van der Waals surface area contributed by atoms with Gasteiger partial charge in [-0.05, 0) is 19.3 Å². The molecule has 0 radical (unpaired) electrons. The zero-order chi connectivity index (χ0) is 9.54. The Labute approximate surface area is 82.3 Å². The summed E-state index contributed by atoms with van der Waals surface area (Å²) in [7, 11) is 0. The van der Waals surface area contributed by atoms with Gasteiger partial charge in [-0.25, -0.2) is 4.98 Å². The normalized spacial score (nSPS) is 35.4. The Balaban J connectivity index is 1.82. The number of H-pyrrole nitrogens is 1. The van der Waals surface area contributed by atoms with E-state index >= 15 is 0 Å². The van der Waals surface area contributed by atoms with Gasteiger partial charge >= 0.3 is 0 Å². The van der Waals surface area contributed by atoms with Gasteiger partial charge in [-0.3, -0.25) is 0 Å². The smallest absolute Gasteiger partial charge is 0.112 e. The van der Waals surface area contributed by atoms with Gasteiger partial charge in [0.1, 0.15) is 5.82 Å². The Kier molecular flexibility index (Phi) is 1.85. The fourth-order valence-electron chi connectivity index (χ4n) is 2.57. The molecule has 0 saturated carbocycles. The number of ether oxygens (including phenoxy) is 1. The SMILES string of the molecule is OCc1cnc(C2CC3CCC2O3)[nH]1. The van der Waals surface area contributed by atoms with Crippen LogP contribution >= 0.6 is 0 Å². The van der Waals surface area contributed by atoms with Crippen molar-refractivity contribution in [3.63, 3.8) is 0 Å². The fraction of sp³-hybridized carbons (Fsp3) is 0.700. The summed E-state index contributed by atoms with van der Waals surface area (Å²) in [6, 6.07) is 0. The topological polar surface area (TPSA) is 58.1 Å². The Hall–Kier alpha value is -0.870. The summed E-state index contributed by atoms with van der Waals surface area (Å²) in [5.74, 6) is 1.41. The average molecular weight is 194 g/mol. The van der Waals surface area contributed by atoms with Crippen LogP contribution in [0.5, 0.6) is 0 Å². The summed E-state index contributed by atoms with van der Waals surface area (Å²) in [4.78, 5) is 7.44. The molecule has 2 bridgehead atoms. The number of aliphatic hydroxyl groups excluding tert-OH is 1. The van der Waals surface area contributed by atoms with Crippen LogP contribution in [0, 0.1) is 0 Å². The molecule has 1 aromatic rings. The van der Waals surface area contributed by atoms with Crippen LogP contribution in [-0.2, 0) is 11.3 Å². The van der Waals surface area contributed by atoms with Gasteiger partial charge in [0.2, 0.25) is 0 Å². The van der Waals surface area contributed by atoms with Gasteiger partial charge in [-0.2, -0.15) is 0 Å². The number of nitrogens with one attached hydrogen (secondary N) is 1.